The van der Waals surface area contributed by atoms with E-state index in [1.54, 1.807) is 30.3 Å². The zero-order valence-electron chi connectivity index (χ0n) is 9.80. The molecule has 0 aliphatic heterocycles. The van der Waals surface area contributed by atoms with Crippen molar-refractivity contribution in [1.82, 2.24) is 0 Å². The zero-order valence-corrected chi connectivity index (χ0v) is 10.6. The van der Waals surface area contributed by atoms with Gasteiger partial charge in [-0.3, -0.25) is 4.79 Å². The molecule has 1 heterocycles. The molecule has 0 amide bonds. The monoisotopic (exact) mass is 272 g/mol. The van der Waals surface area contributed by atoms with Crippen LogP contribution in [0.4, 0.5) is 4.39 Å². The molecule has 0 aliphatic rings. The lowest BCUT2D eigenvalue weighted by Crippen LogP contribution is -2.03. The number of hydrogen-bond acceptors (Lipinski definition) is 3. The van der Waals surface area contributed by atoms with Crippen LogP contribution in [0.3, 0.4) is 0 Å². The van der Waals surface area contributed by atoms with Gasteiger partial charge in [-0.25, -0.2) is 4.39 Å². The molecule has 0 aliphatic carbocycles. The van der Waals surface area contributed by atoms with Gasteiger partial charge >= 0.3 is 0 Å². The molecule has 4 heteroatoms. The maximum absolute atomic E-state index is 12.8. The van der Waals surface area contributed by atoms with Gasteiger partial charge in [-0.1, -0.05) is 23.9 Å². The Morgan fingerprint density at radius 3 is 2.53 bits per heavy atom. The summed E-state index contributed by atoms with van der Waals surface area (Å²) in [6.45, 7) is 0. The Morgan fingerprint density at radius 1 is 1.00 bits per heavy atom. The van der Waals surface area contributed by atoms with Gasteiger partial charge in [0.25, 0.3) is 0 Å². The van der Waals surface area contributed by atoms with Crippen molar-refractivity contribution in [3.8, 4) is 0 Å². The average molecular weight is 272 g/mol. The minimum atomic E-state index is -0.296. The SMILES string of the molecule is O=c1c(Sc2ccc(F)cc2)coc2ccccc12. The Bertz CT molecular complexity index is 778. The first-order valence-electron chi connectivity index (χ1n) is 5.68. The molecule has 0 N–H and O–H groups in total. The lowest BCUT2D eigenvalue weighted by atomic mass is 10.2. The molecule has 0 unspecified atom stereocenters. The highest BCUT2D eigenvalue weighted by atomic mass is 32.2. The third kappa shape index (κ3) is 2.39. The molecule has 3 rings (SSSR count). The smallest absolute Gasteiger partial charge is 0.206 e. The summed E-state index contributed by atoms with van der Waals surface area (Å²) in [7, 11) is 0. The highest BCUT2D eigenvalue weighted by molar-refractivity contribution is 7.99. The van der Waals surface area contributed by atoms with Crippen LogP contribution in [0.15, 0.2) is 73.8 Å². The minimum absolute atomic E-state index is 0.0730. The summed E-state index contributed by atoms with van der Waals surface area (Å²) in [4.78, 5) is 13.5. The minimum Gasteiger partial charge on any atom is -0.463 e. The Morgan fingerprint density at radius 2 is 1.74 bits per heavy atom. The van der Waals surface area contributed by atoms with Gasteiger partial charge < -0.3 is 4.42 Å². The second-order valence-corrected chi connectivity index (χ2v) is 5.10. The molecular weight excluding hydrogens is 263 g/mol. The molecule has 0 radical (unpaired) electrons. The number of hydrogen-bond donors (Lipinski definition) is 0. The Hall–Kier alpha value is -2.07. The van der Waals surface area contributed by atoms with Crippen LogP contribution in [0.2, 0.25) is 0 Å². The Labute approximate surface area is 112 Å². The molecule has 94 valence electrons. The number of rotatable bonds is 2. The van der Waals surface area contributed by atoms with E-state index in [1.165, 1.54) is 30.2 Å². The molecule has 0 bridgehead atoms. The van der Waals surface area contributed by atoms with Gasteiger partial charge in [0.05, 0.1) is 10.3 Å². The van der Waals surface area contributed by atoms with Crippen LogP contribution in [-0.4, -0.2) is 0 Å². The van der Waals surface area contributed by atoms with E-state index in [4.69, 9.17) is 4.42 Å². The van der Waals surface area contributed by atoms with Gasteiger partial charge in [0, 0.05) is 4.90 Å². The fraction of sp³-hybridized carbons (Fsp3) is 0. The summed E-state index contributed by atoms with van der Waals surface area (Å²) in [6, 6.07) is 13.1. The van der Waals surface area contributed by atoms with Gasteiger partial charge in [-0.15, -0.1) is 0 Å². The lowest BCUT2D eigenvalue weighted by molar-refractivity contribution is 0.587. The Kier molecular flexibility index (Phi) is 3.09. The average Bonchev–Trinajstić information content (AvgIpc) is 2.45. The van der Waals surface area contributed by atoms with Crippen LogP contribution < -0.4 is 5.43 Å². The van der Waals surface area contributed by atoms with Crippen molar-refractivity contribution in [3.63, 3.8) is 0 Å². The van der Waals surface area contributed by atoms with Gasteiger partial charge in [-0.05, 0) is 36.4 Å². The topological polar surface area (TPSA) is 30.2 Å². The third-order valence-electron chi connectivity index (χ3n) is 2.69. The van der Waals surface area contributed by atoms with Gasteiger partial charge in [0.1, 0.15) is 17.7 Å². The normalized spacial score (nSPS) is 10.8. The number of benzene rings is 2. The van der Waals surface area contributed by atoms with Crippen molar-refractivity contribution in [1.29, 1.82) is 0 Å². The lowest BCUT2D eigenvalue weighted by Gasteiger charge is -2.02. The third-order valence-corrected chi connectivity index (χ3v) is 3.70. The largest absolute Gasteiger partial charge is 0.463 e. The standard InChI is InChI=1S/C15H9FO2S/c16-10-5-7-11(8-6-10)19-14-9-18-13-4-2-1-3-12(13)15(14)17/h1-9H. The zero-order chi connectivity index (χ0) is 13.2. The molecule has 0 saturated heterocycles. The number of para-hydroxylation sites is 1. The van der Waals surface area contributed by atoms with Gasteiger partial charge in [0.15, 0.2) is 0 Å². The fourth-order valence-electron chi connectivity index (χ4n) is 1.76. The number of fused-ring (bicyclic) bond motifs is 1. The van der Waals surface area contributed by atoms with E-state index in [9.17, 15) is 9.18 Å². The van der Waals surface area contributed by atoms with E-state index in [0.717, 1.165) is 4.90 Å². The van der Waals surface area contributed by atoms with E-state index in [0.29, 0.717) is 15.9 Å². The molecule has 19 heavy (non-hydrogen) atoms. The first-order chi connectivity index (χ1) is 9.24. The van der Waals surface area contributed by atoms with Crippen molar-refractivity contribution in [2.24, 2.45) is 0 Å². The summed E-state index contributed by atoms with van der Waals surface area (Å²) in [5.74, 6) is -0.296. The molecule has 1 aromatic heterocycles. The molecular formula is C15H9FO2S. The van der Waals surface area contributed by atoms with Crippen molar-refractivity contribution in [3.05, 3.63) is 70.8 Å². The van der Waals surface area contributed by atoms with E-state index >= 15 is 0 Å². The summed E-state index contributed by atoms with van der Waals surface area (Å²) in [5.41, 5.74) is 0.493. The van der Waals surface area contributed by atoms with E-state index in [-0.39, 0.29) is 11.2 Å². The quantitative estimate of drug-likeness (QED) is 0.704. The Balaban J connectivity index is 2.04. The first kappa shape index (κ1) is 12.0. The predicted octanol–water partition coefficient (Wildman–Crippen LogP) is 4.08. The van der Waals surface area contributed by atoms with Crippen LogP contribution in [0.5, 0.6) is 0 Å². The van der Waals surface area contributed by atoms with Crippen molar-refractivity contribution >= 4 is 22.7 Å². The maximum atomic E-state index is 12.8. The summed E-state index contributed by atoms with van der Waals surface area (Å²) < 4.78 is 18.2. The van der Waals surface area contributed by atoms with Crippen molar-refractivity contribution < 1.29 is 8.81 Å². The molecule has 0 saturated carbocycles. The second kappa shape index (κ2) is 4.90. The van der Waals surface area contributed by atoms with Crippen molar-refractivity contribution in [2.45, 2.75) is 9.79 Å². The molecule has 0 atom stereocenters. The van der Waals surface area contributed by atoms with Crippen LogP contribution in [0.1, 0.15) is 0 Å². The fourth-order valence-corrected chi connectivity index (χ4v) is 2.59. The molecule has 2 nitrogen and oxygen atoms in total. The summed E-state index contributed by atoms with van der Waals surface area (Å²) in [6.07, 6.45) is 1.44. The van der Waals surface area contributed by atoms with Crippen LogP contribution in [-0.2, 0) is 0 Å². The van der Waals surface area contributed by atoms with Crippen molar-refractivity contribution in [2.75, 3.05) is 0 Å². The second-order valence-electron chi connectivity index (χ2n) is 3.98. The van der Waals surface area contributed by atoms with Crippen LogP contribution >= 0.6 is 11.8 Å². The summed E-state index contributed by atoms with van der Waals surface area (Å²) >= 11 is 1.26. The highest BCUT2D eigenvalue weighted by Gasteiger charge is 2.07. The molecule has 2 aromatic carbocycles. The van der Waals surface area contributed by atoms with E-state index in [2.05, 4.69) is 0 Å². The van der Waals surface area contributed by atoms with Crippen LogP contribution in [0.25, 0.3) is 11.0 Å². The molecule has 0 spiro atoms. The van der Waals surface area contributed by atoms with E-state index in [1.807, 2.05) is 6.07 Å². The molecule has 3 aromatic rings. The predicted molar refractivity (Wildman–Crippen MR) is 73.0 cm³/mol. The number of halogens is 1. The first-order valence-corrected chi connectivity index (χ1v) is 6.50. The maximum Gasteiger partial charge on any atom is 0.206 e. The van der Waals surface area contributed by atoms with Crippen LogP contribution in [0, 0.1) is 5.82 Å². The molecule has 0 fully saturated rings. The van der Waals surface area contributed by atoms with Gasteiger partial charge in [0.2, 0.25) is 5.43 Å². The van der Waals surface area contributed by atoms with E-state index < -0.39 is 0 Å². The summed E-state index contributed by atoms with van der Waals surface area (Å²) in [5, 5.41) is 0.551. The highest BCUT2D eigenvalue weighted by Crippen LogP contribution is 2.26. The van der Waals surface area contributed by atoms with Gasteiger partial charge in [-0.2, -0.15) is 0 Å².